The van der Waals surface area contributed by atoms with Crippen LogP contribution in [0.25, 0.3) is 0 Å². The van der Waals surface area contributed by atoms with Gasteiger partial charge < -0.3 is 4.74 Å². The van der Waals surface area contributed by atoms with E-state index in [1.54, 1.807) is 62.4 Å². The molecule has 6 nitrogen and oxygen atoms in total. The minimum Gasteiger partial charge on any atom is -0.461 e. The van der Waals surface area contributed by atoms with Gasteiger partial charge in [0.15, 0.2) is 0 Å². The second-order valence-corrected chi connectivity index (χ2v) is 8.14. The molecule has 0 heterocycles. The highest BCUT2D eigenvalue weighted by molar-refractivity contribution is 7.89. The fraction of sp³-hybridized carbons (Fsp3) is 0.333. The summed E-state index contributed by atoms with van der Waals surface area (Å²) in [6, 6.07) is 15.5. The number of benzene rings is 2. The molecule has 0 aliphatic carbocycles. The lowest BCUT2D eigenvalue weighted by Crippen LogP contribution is -2.30. The molecule has 0 atom stereocenters. The number of nitriles is 1. The van der Waals surface area contributed by atoms with Crippen molar-refractivity contribution in [1.29, 1.82) is 5.26 Å². The highest BCUT2D eigenvalue weighted by atomic mass is 32.2. The summed E-state index contributed by atoms with van der Waals surface area (Å²) < 4.78 is 31.6. The molecule has 2 aromatic carbocycles. The van der Waals surface area contributed by atoms with Crippen molar-refractivity contribution >= 4 is 16.0 Å². The summed E-state index contributed by atoms with van der Waals surface area (Å²) in [7, 11) is -3.48. The molecule has 0 aromatic heterocycles. The Hall–Kier alpha value is -2.69. The van der Waals surface area contributed by atoms with Crippen molar-refractivity contribution in [3.63, 3.8) is 0 Å². The number of carbonyl (C=O) groups is 1. The molecular formula is C21H24N2O4S. The summed E-state index contributed by atoms with van der Waals surface area (Å²) >= 11 is 0. The van der Waals surface area contributed by atoms with Crippen molar-refractivity contribution in [3.8, 4) is 6.07 Å². The van der Waals surface area contributed by atoms with E-state index in [0.717, 1.165) is 11.1 Å². The number of esters is 1. The van der Waals surface area contributed by atoms with Crippen LogP contribution in [0.3, 0.4) is 0 Å². The maximum absolute atomic E-state index is 12.5. The van der Waals surface area contributed by atoms with E-state index in [1.807, 2.05) is 6.07 Å². The van der Waals surface area contributed by atoms with Gasteiger partial charge in [-0.2, -0.15) is 9.57 Å². The molecule has 2 rings (SSSR count). The smallest absolute Gasteiger partial charge is 0.306 e. The fourth-order valence-corrected chi connectivity index (χ4v) is 4.21. The van der Waals surface area contributed by atoms with Crippen LogP contribution < -0.4 is 0 Å². The second kappa shape index (κ2) is 10.0. The average molecular weight is 401 g/mol. The molecule has 28 heavy (non-hydrogen) atoms. The van der Waals surface area contributed by atoms with Crippen LogP contribution in [0, 0.1) is 11.3 Å². The van der Waals surface area contributed by atoms with E-state index in [4.69, 9.17) is 10.00 Å². The van der Waals surface area contributed by atoms with E-state index in [0.29, 0.717) is 25.1 Å². The van der Waals surface area contributed by atoms with Gasteiger partial charge >= 0.3 is 5.97 Å². The quantitative estimate of drug-likeness (QED) is 0.603. The Morgan fingerprint density at radius 1 is 1.07 bits per heavy atom. The molecule has 7 heteroatoms. The fourth-order valence-electron chi connectivity index (χ4n) is 2.75. The van der Waals surface area contributed by atoms with Crippen molar-refractivity contribution in [2.75, 3.05) is 13.1 Å². The van der Waals surface area contributed by atoms with E-state index >= 15 is 0 Å². The zero-order valence-electron chi connectivity index (χ0n) is 16.1. The Kier molecular flexibility index (Phi) is 7.73. The molecule has 0 aliphatic rings. The summed E-state index contributed by atoms with van der Waals surface area (Å²) in [4.78, 5) is 12.2. The number of ether oxygens (including phenoxy) is 1. The van der Waals surface area contributed by atoms with Gasteiger partial charge in [0, 0.05) is 19.5 Å². The highest BCUT2D eigenvalue weighted by Gasteiger charge is 2.21. The lowest BCUT2D eigenvalue weighted by Gasteiger charge is -2.18. The third-order valence-electron chi connectivity index (χ3n) is 4.34. The zero-order chi connectivity index (χ0) is 20.6. The Bertz CT molecular complexity index is 943. The molecule has 0 bridgehead atoms. The SMILES string of the molecule is CCN(CC)S(=O)(=O)c1ccc(CCC(=O)OCc2cccc(C#N)c2)cc1. The standard InChI is InChI=1S/C21H24N2O4S/c1-3-23(4-2)28(25,26)20-11-8-17(9-12-20)10-13-21(24)27-16-19-7-5-6-18(14-19)15-22/h5-9,11-12,14H,3-4,10,13,16H2,1-2H3. The van der Waals surface area contributed by atoms with Crippen LogP contribution in [0.4, 0.5) is 0 Å². The normalized spacial score (nSPS) is 11.2. The van der Waals surface area contributed by atoms with Gasteiger partial charge in [0.25, 0.3) is 0 Å². The monoisotopic (exact) mass is 400 g/mol. The van der Waals surface area contributed by atoms with E-state index < -0.39 is 10.0 Å². The lowest BCUT2D eigenvalue weighted by molar-refractivity contribution is -0.144. The molecule has 0 aliphatic heterocycles. The summed E-state index contributed by atoms with van der Waals surface area (Å²) in [5.74, 6) is -0.345. The van der Waals surface area contributed by atoms with Gasteiger partial charge in [-0.3, -0.25) is 4.79 Å². The zero-order valence-corrected chi connectivity index (χ0v) is 16.9. The summed E-state index contributed by atoms with van der Waals surface area (Å²) in [5, 5.41) is 8.88. The average Bonchev–Trinajstić information content (AvgIpc) is 2.72. The third-order valence-corrected chi connectivity index (χ3v) is 6.40. The van der Waals surface area contributed by atoms with Gasteiger partial charge in [0.05, 0.1) is 16.5 Å². The van der Waals surface area contributed by atoms with Gasteiger partial charge in [-0.15, -0.1) is 0 Å². The summed E-state index contributed by atoms with van der Waals surface area (Å²) in [5.41, 5.74) is 2.15. The van der Waals surface area contributed by atoms with Gasteiger partial charge in [0.1, 0.15) is 6.61 Å². The third kappa shape index (κ3) is 5.65. The number of rotatable bonds is 9. The van der Waals surface area contributed by atoms with Crippen LogP contribution in [0.15, 0.2) is 53.4 Å². The van der Waals surface area contributed by atoms with Crippen molar-refractivity contribution in [1.82, 2.24) is 4.31 Å². The Morgan fingerprint density at radius 3 is 2.36 bits per heavy atom. The van der Waals surface area contributed by atoms with E-state index in [1.165, 1.54) is 4.31 Å². The Morgan fingerprint density at radius 2 is 1.75 bits per heavy atom. The minimum atomic E-state index is -3.48. The first-order valence-corrected chi connectivity index (χ1v) is 10.6. The van der Waals surface area contributed by atoms with Gasteiger partial charge in [-0.1, -0.05) is 38.1 Å². The van der Waals surface area contributed by atoms with Gasteiger partial charge in [-0.25, -0.2) is 8.42 Å². The molecule has 0 spiro atoms. The summed E-state index contributed by atoms with van der Waals surface area (Å²) in [6.45, 7) is 4.57. The number of sulfonamides is 1. The van der Waals surface area contributed by atoms with E-state index in [-0.39, 0.29) is 23.9 Å². The van der Waals surface area contributed by atoms with Crippen LogP contribution in [-0.2, 0) is 32.6 Å². The largest absolute Gasteiger partial charge is 0.461 e. The van der Waals surface area contributed by atoms with Crippen LogP contribution >= 0.6 is 0 Å². The van der Waals surface area contributed by atoms with Gasteiger partial charge in [-0.05, 0) is 41.8 Å². The maximum Gasteiger partial charge on any atom is 0.306 e. The molecule has 0 saturated heterocycles. The van der Waals surface area contributed by atoms with Crippen molar-refractivity contribution in [3.05, 3.63) is 65.2 Å². The highest BCUT2D eigenvalue weighted by Crippen LogP contribution is 2.17. The number of aryl methyl sites for hydroxylation is 1. The van der Waals surface area contributed by atoms with E-state index in [9.17, 15) is 13.2 Å². The molecular weight excluding hydrogens is 376 g/mol. The molecule has 0 fully saturated rings. The van der Waals surface area contributed by atoms with E-state index in [2.05, 4.69) is 0 Å². The first-order chi connectivity index (χ1) is 13.4. The van der Waals surface area contributed by atoms with Crippen molar-refractivity contribution in [2.24, 2.45) is 0 Å². The molecule has 0 radical (unpaired) electrons. The van der Waals surface area contributed by atoms with Crippen LogP contribution in [0.5, 0.6) is 0 Å². The number of nitrogens with zero attached hydrogens (tertiary/aromatic N) is 2. The topological polar surface area (TPSA) is 87.5 Å². The molecule has 2 aromatic rings. The van der Waals surface area contributed by atoms with Crippen molar-refractivity contribution in [2.45, 2.75) is 38.2 Å². The molecule has 0 unspecified atom stereocenters. The summed E-state index contributed by atoms with van der Waals surface area (Å²) in [6.07, 6.45) is 0.656. The molecule has 0 saturated carbocycles. The van der Waals surface area contributed by atoms with Crippen molar-refractivity contribution < 1.29 is 17.9 Å². The van der Waals surface area contributed by atoms with Crippen LogP contribution in [0.2, 0.25) is 0 Å². The number of hydrogen-bond donors (Lipinski definition) is 0. The minimum absolute atomic E-state index is 0.120. The first kappa shape index (κ1) is 21.6. The molecule has 0 N–H and O–H groups in total. The van der Waals surface area contributed by atoms with Crippen LogP contribution in [0.1, 0.15) is 37.0 Å². The van der Waals surface area contributed by atoms with Crippen LogP contribution in [-0.4, -0.2) is 31.8 Å². The first-order valence-electron chi connectivity index (χ1n) is 9.14. The second-order valence-electron chi connectivity index (χ2n) is 6.21. The predicted molar refractivity (Wildman–Crippen MR) is 106 cm³/mol. The molecule has 0 amide bonds. The number of hydrogen-bond acceptors (Lipinski definition) is 5. The van der Waals surface area contributed by atoms with Gasteiger partial charge in [0.2, 0.25) is 10.0 Å². The Balaban J connectivity index is 1.89. The predicted octanol–water partition coefficient (Wildman–Crippen LogP) is 3.26. The Labute approximate surface area is 166 Å². The molecule has 148 valence electrons. The maximum atomic E-state index is 12.5. The number of carbonyl (C=O) groups excluding carboxylic acids is 1. The lowest BCUT2D eigenvalue weighted by atomic mass is 10.1.